The highest BCUT2D eigenvalue weighted by Gasteiger charge is 2.26. The Morgan fingerprint density at radius 2 is 1.86 bits per heavy atom. The number of hydrogen-bond acceptors (Lipinski definition) is 3. The van der Waals surface area contributed by atoms with E-state index in [1.165, 1.54) is 45.2 Å². The molecule has 4 nitrogen and oxygen atoms in total. The second-order valence-corrected chi connectivity index (χ2v) is 6.59. The van der Waals surface area contributed by atoms with Crippen LogP contribution in [0.2, 0.25) is 0 Å². The molecule has 0 aliphatic carbocycles. The van der Waals surface area contributed by atoms with Crippen LogP contribution in [0.3, 0.4) is 0 Å². The molecule has 0 unspecified atom stereocenters. The number of likely N-dealkylation sites (tertiary alicyclic amines) is 2. The van der Waals surface area contributed by atoms with Crippen molar-refractivity contribution in [3.8, 4) is 0 Å². The Hall–Kier alpha value is -1.13. The summed E-state index contributed by atoms with van der Waals surface area (Å²) < 4.78 is 1.94. The minimum atomic E-state index is 0.257. The molecule has 2 aliphatic rings. The van der Waals surface area contributed by atoms with Crippen molar-refractivity contribution < 1.29 is 4.79 Å². The monoisotopic (exact) mass is 289 g/mol. The number of rotatable bonds is 4. The number of hydrogen-bond donors (Lipinski definition) is 0. The lowest BCUT2D eigenvalue weighted by Gasteiger charge is -2.40. The molecular weight excluding hydrogens is 262 g/mol. The fourth-order valence-electron chi connectivity index (χ4n) is 3.69. The maximum Gasteiger partial charge on any atom is 0.178 e. The molecule has 2 saturated heterocycles. The van der Waals surface area contributed by atoms with Crippen LogP contribution in [0.4, 0.5) is 0 Å². The van der Waals surface area contributed by atoms with Gasteiger partial charge in [0, 0.05) is 44.1 Å². The van der Waals surface area contributed by atoms with Gasteiger partial charge in [0.15, 0.2) is 5.78 Å². The molecule has 0 spiro atoms. The van der Waals surface area contributed by atoms with E-state index in [0.29, 0.717) is 6.54 Å². The van der Waals surface area contributed by atoms with Gasteiger partial charge in [0.2, 0.25) is 0 Å². The third-order valence-corrected chi connectivity index (χ3v) is 4.99. The zero-order valence-electron chi connectivity index (χ0n) is 13.1. The van der Waals surface area contributed by atoms with Gasteiger partial charge in [0.05, 0.1) is 6.54 Å². The summed E-state index contributed by atoms with van der Waals surface area (Å²) in [5, 5.41) is 0. The van der Waals surface area contributed by atoms with E-state index in [0.717, 1.165) is 24.7 Å². The standard InChI is InChI=1S/C17H27N3O/c1-18-10-5-15(13-18)17(21)14-19-11-6-16(7-12-19)20-8-3-2-4-9-20/h5,10,13,16H,2-4,6-9,11-12,14H2,1H3. The number of aryl methyl sites for hydroxylation is 1. The van der Waals surface area contributed by atoms with Crippen LogP contribution in [-0.2, 0) is 7.05 Å². The summed E-state index contributed by atoms with van der Waals surface area (Å²) in [5.41, 5.74) is 0.843. The smallest absolute Gasteiger partial charge is 0.178 e. The number of piperidine rings is 2. The molecule has 1 aromatic rings. The Balaban J connectivity index is 1.46. The molecule has 2 aliphatic heterocycles. The van der Waals surface area contributed by atoms with Crippen molar-refractivity contribution in [3.05, 3.63) is 24.0 Å². The number of nitrogens with zero attached hydrogens (tertiary/aromatic N) is 3. The fraction of sp³-hybridized carbons (Fsp3) is 0.706. The van der Waals surface area contributed by atoms with Crippen LogP contribution < -0.4 is 0 Å². The van der Waals surface area contributed by atoms with Gasteiger partial charge < -0.3 is 9.47 Å². The number of Topliss-reactive ketones (excluding diaryl/α,β-unsaturated/α-hetero) is 1. The lowest BCUT2D eigenvalue weighted by atomic mass is 9.99. The van der Waals surface area contributed by atoms with Gasteiger partial charge in [-0.2, -0.15) is 0 Å². The predicted octanol–water partition coefficient (Wildman–Crippen LogP) is 2.16. The average Bonchev–Trinajstić information content (AvgIpc) is 2.96. The number of carbonyl (C=O) groups excluding carboxylic acids is 1. The Morgan fingerprint density at radius 1 is 1.14 bits per heavy atom. The maximum atomic E-state index is 12.2. The molecule has 2 fully saturated rings. The first-order valence-corrected chi connectivity index (χ1v) is 8.34. The molecule has 1 aromatic heterocycles. The van der Waals surface area contributed by atoms with Gasteiger partial charge in [-0.25, -0.2) is 0 Å². The fourth-order valence-corrected chi connectivity index (χ4v) is 3.69. The van der Waals surface area contributed by atoms with Crippen LogP contribution in [-0.4, -0.2) is 58.9 Å². The lowest BCUT2D eigenvalue weighted by Crippen LogP contribution is -2.47. The van der Waals surface area contributed by atoms with Crippen LogP contribution in [0.25, 0.3) is 0 Å². The van der Waals surface area contributed by atoms with Crippen molar-refractivity contribution >= 4 is 5.78 Å². The topological polar surface area (TPSA) is 28.5 Å². The second-order valence-electron chi connectivity index (χ2n) is 6.59. The van der Waals surface area contributed by atoms with Crippen molar-refractivity contribution in [1.82, 2.24) is 14.4 Å². The zero-order chi connectivity index (χ0) is 14.7. The minimum Gasteiger partial charge on any atom is -0.357 e. The van der Waals surface area contributed by atoms with E-state index in [1.807, 2.05) is 30.1 Å². The molecule has 21 heavy (non-hydrogen) atoms. The molecule has 0 N–H and O–H groups in total. The van der Waals surface area contributed by atoms with E-state index < -0.39 is 0 Å². The number of carbonyl (C=O) groups is 1. The lowest BCUT2D eigenvalue weighted by molar-refractivity contribution is 0.0775. The van der Waals surface area contributed by atoms with Gasteiger partial charge in [-0.1, -0.05) is 6.42 Å². The second kappa shape index (κ2) is 6.75. The first-order valence-electron chi connectivity index (χ1n) is 8.34. The van der Waals surface area contributed by atoms with Crippen molar-refractivity contribution in [2.24, 2.45) is 7.05 Å². The minimum absolute atomic E-state index is 0.257. The average molecular weight is 289 g/mol. The summed E-state index contributed by atoms with van der Waals surface area (Å²) in [6, 6.07) is 2.68. The first-order chi connectivity index (χ1) is 10.2. The Labute approximate surface area is 127 Å². The highest BCUT2D eigenvalue weighted by atomic mass is 16.1. The summed E-state index contributed by atoms with van der Waals surface area (Å²) in [5.74, 6) is 0.257. The van der Waals surface area contributed by atoms with Gasteiger partial charge in [-0.15, -0.1) is 0 Å². The summed E-state index contributed by atoms with van der Waals surface area (Å²) in [4.78, 5) is 17.3. The van der Waals surface area contributed by atoms with Crippen LogP contribution >= 0.6 is 0 Å². The molecule has 116 valence electrons. The normalized spacial score (nSPS) is 22.5. The number of aromatic nitrogens is 1. The highest BCUT2D eigenvalue weighted by molar-refractivity contribution is 5.97. The largest absolute Gasteiger partial charge is 0.357 e. The van der Waals surface area contributed by atoms with Crippen molar-refractivity contribution in [3.63, 3.8) is 0 Å². The third kappa shape index (κ3) is 3.74. The quantitative estimate of drug-likeness (QED) is 0.795. The summed E-state index contributed by atoms with van der Waals surface area (Å²) in [6.07, 6.45) is 10.4. The molecule has 0 bridgehead atoms. The molecule has 0 atom stereocenters. The van der Waals surface area contributed by atoms with E-state index >= 15 is 0 Å². The maximum absolute atomic E-state index is 12.2. The molecule has 0 saturated carbocycles. The SMILES string of the molecule is Cn1ccc(C(=O)CN2CCC(N3CCCCC3)CC2)c1. The van der Waals surface area contributed by atoms with E-state index in [1.54, 1.807) is 0 Å². The van der Waals surface area contributed by atoms with Crippen LogP contribution in [0.15, 0.2) is 18.5 Å². The Morgan fingerprint density at radius 3 is 2.48 bits per heavy atom. The summed E-state index contributed by atoms with van der Waals surface area (Å²) in [6.45, 7) is 5.29. The molecule has 4 heteroatoms. The molecular formula is C17H27N3O. The van der Waals surface area contributed by atoms with E-state index in [9.17, 15) is 4.79 Å². The van der Waals surface area contributed by atoms with Crippen LogP contribution in [0.1, 0.15) is 42.5 Å². The summed E-state index contributed by atoms with van der Waals surface area (Å²) in [7, 11) is 1.96. The van der Waals surface area contributed by atoms with Crippen LogP contribution in [0, 0.1) is 0 Å². The third-order valence-electron chi connectivity index (χ3n) is 4.99. The molecule has 3 rings (SSSR count). The Kier molecular flexibility index (Phi) is 4.76. The van der Waals surface area contributed by atoms with Crippen LogP contribution in [0.5, 0.6) is 0 Å². The molecule has 0 aromatic carbocycles. The van der Waals surface area contributed by atoms with Crippen molar-refractivity contribution in [2.45, 2.75) is 38.1 Å². The van der Waals surface area contributed by atoms with E-state index in [-0.39, 0.29) is 5.78 Å². The molecule has 3 heterocycles. The summed E-state index contributed by atoms with van der Waals surface area (Å²) >= 11 is 0. The van der Waals surface area contributed by atoms with E-state index in [2.05, 4.69) is 9.80 Å². The van der Waals surface area contributed by atoms with Gasteiger partial charge >= 0.3 is 0 Å². The van der Waals surface area contributed by atoms with Gasteiger partial charge in [-0.3, -0.25) is 9.69 Å². The Bertz CT molecular complexity index is 468. The molecule has 0 radical (unpaired) electrons. The van der Waals surface area contributed by atoms with Gasteiger partial charge in [0.1, 0.15) is 0 Å². The first kappa shape index (κ1) is 14.8. The zero-order valence-corrected chi connectivity index (χ0v) is 13.1. The molecule has 0 amide bonds. The van der Waals surface area contributed by atoms with E-state index in [4.69, 9.17) is 0 Å². The van der Waals surface area contributed by atoms with Gasteiger partial charge in [-0.05, 0) is 44.8 Å². The van der Waals surface area contributed by atoms with Crippen molar-refractivity contribution in [1.29, 1.82) is 0 Å². The predicted molar refractivity (Wildman–Crippen MR) is 84.6 cm³/mol. The number of ketones is 1. The van der Waals surface area contributed by atoms with Gasteiger partial charge in [0.25, 0.3) is 0 Å². The highest BCUT2D eigenvalue weighted by Crippen LogP contribution is 2.21. The van der Waals surface area contributed by atoms with Crippen molar-refractivity contribution in [2.75, 3.05) is 32.7 Å².